The van der Waals surface area contributed by atoms with Crippen LogP contribution in [0.3, 0.4) is 0 Å². The highest BCUT2D eigenvalue weighted by Crippen LogP contribution is 2.24. The van der Waals surface area contributed by atoms with Crippen molar-refractivity contribution in [1.29, 1.82) is 0 Å². The van der Waals surface area contributed by atoms with Gasteiger partial charge in [-0.1, -0.05) is 12.1 Å². The van der Waals surface area contributed by atoms with E-state index in [1.165, 1.54) is 22.7 Å². The Morgan fingerprint density at radius 2 is 1.95 bits per heavy atom. The number of halogens is 1. The lowest BCUT2D eigenvalue weighted by Crippen LogP contribution is -2.15. The van der Waals surface area contributed by atoms with E-state index in [0.29, 0.717) is 11.2 Å². The normalized spacial score (nSPS) is 11.7. The third-order valence-corrected chi connectivity index (χ3v) is 4.44. The lowest BCUT2D eigenvalue weighted by molar-refractivity contribution is 0.602. The number of fused-ring (bicyclic) bond motifs is 1. The van der Waals surface area contributed by atoms with Crippen LogP contribution in [0.5, 0.6) is 0 Å². The van der Waals surface area contributed by atoms with Crippen molar-refractivity contribution in [2.75, 3.05) is 10.5 Å². The van der Waals surface area contributed by atoms with Crippen LogP contribution in [0, 0.1) is 5.82 Å². The molecule has 0 aliphatic rings. The minimum absolute atomic E-state index is 0.0378. The van der Waals surface area contributed by atoms with Crippen LogP contribution in [0.15, 0.2) is 42.7 Å². The summed E-state index contributed by atoms with van der Waals surface area (Å²) in [6.45, 7) is 1.55. The van der Waals surface area contributed by atoms with Crippen molar-refractivity contribution in [3.8, 4) is 11.1 Å². The molecule has 0 aliphatic heterocycles. The molecule has 0 bridgehead atoms. The SMILES string of the molecule is CCS(=O)(=O)Nc1ccn2ncc(-c3ccc(F)cc3)c2n1. The van der Waals surface area contributed by atoms with Crippen LogP contribution >= 0.6 is 0 Å². The highest BCUT2D eigenvalue weighted by atomic mass is 32.2. The van der Waals surface area contributed by atoms with E-state index in [1.54, 1.807) is 31.5 Å². The fraction of sp³-hybridized carbons (Fsp3) is 0.143. The smallest absolute Gasteiger partial charge is 0.233 e. The van der Waals surface area contributed by atoms with Gasteiger partial charge in [0.2, 0.25) is 10.0 Å². The van der Waals surface area contributed by atoms with E-state index >= 15 is 0 Å². The number of rotatable bonds is 4. The minimum Gasteiger partial charge on any atom is -0.267 e. The summed E-state index contributed by atoms with van der Waals surface area (Å²) >= 11 is 0. The first-order chi connectivity index (χ1) is 10.5. The van der Waals surface area contributed by atoms with Gasteiger partial charge in [-0.3, -0.25) is 4.72 Å². The topological polar surface area (TPSA) is 76.4 Å². The van der Waals surface area contributed by atoms with Gasteiger partial charge in [-0.2, -0.15) is 5.10 Å². The van der Waals surface area contributed by atoms with E-state index in [0.717, 1.165) is 5.56 Å². The zero-order valence-electron chi connectivity index (χ0n) is 11.7. The molecule has 0 unspecified atom stereocenters. The van der Waals surface area contributed by atoms with Crippen molar-refractivity contribution >= 4 is 21.5 Å². The summed E-state index contributed by atoms with van der Waals surface area (Å²) in [5.74, 6) is -0.146. The molecule has 1 N–H and O–H groups in total. The molecule has 1 aromatic carbocycles. The van der Waals surface area contributed by atoms with Gasteiger partial charge in [-0.15, -0.1) is 0 Å². The van der Waals surface area contributed by atoms with Crippen molar-refractivity contribution in [2.45, 2.75) is 6.92 Å². The number of anilines is 1. The summed E-state index contributed by atoms with van der Waals surface area (Å²) in [5, 5.41) is 4.16. The van der Waals surface area contributed by atoms with E-state index in [4.69, 9.17) is 0 Å². The van der Waals surface area contributed by atoms with E-state index in [9.17, 15) is 12.8 Å². The molecule has 3 aromatic rings. The number of sulfonamides is 1. The van der Waals surface area contributed by atoms with Gasteiger partial charge in [0.25, 0.3) is 0 Å². The first kappa shape index (κ1) is 14.5. The molecule has 0 spiro atoms. The average molecular weight is 320 g/mol. The van der Waals surface area contributed by atoms with Gasteiger partial charge in [0.1, 0.15) is 11.6 Å². The molecule has 8 heteroatoms. The average Bonchev–Trinajstić information content (AvgIpc) is 2.91. The Morgan fingerprint density at radius 3 is 2.64 bits per heavy atom. The maximum absolute atomic E-state index is 13.0. The van der Waals surface area contributed by atoms with Crippen LogP contribution in [0.25, 0.3) is 16.8 Å². The fourth-order valence-corrected chi connectivity index (χ4v) is 2.57. The first-order valence-corrected chi connectivity index (χ1v) is 8.24. The largest absolute Gasteiger partial charge is 0.267 e. The van der Waals surface area contributed by atoms with Gasteiger partial charge >= 0.3 is 0 Å². The van der Waals surface area contributed by atoms with Gasteiger partial charge in [0.15, 0.2) is 5.65 Å². The van der Waals surface area contributed by atoms with Gasteiger partial charge in [0.05, 0.1) is 11.9 Å². The second kappa shape index (κ2) is 5.38. The molecule has 0 saturated heterocycles. The van der Waals surface area contributed by atoms with E-state index in [-0.39, 0.29) is 17.4 Å². The summed E-state index contributed by atoms with van der Waals surface area (Å²) in [6, 6.07) is 7.47. The maximum Gasteiger partial charge on any atom is 0.233 e. The molecule has 0 saturated carbocycles. The van der Waals surface area contributed by atoms with E-state index in [1.807, 2.05) is 0 Å². The standard InChI is InChI=1S/C14H13FN4O2S/c1-2-22(20,21)18-13-7-8-19-14(17-13)12(9-16-19)10-3-5-11(15)6-4-10/h3-9H,2H2,1H3,(H,17,18). The molecule has 3 rings (SSSR count). The Bertz CT molecular complexity index is 920. The predicted octanol–water partition coefficient (Wildman–Crippen LogP) is 2.30. The summed E-state index contributed by atoms with van der Waals surface area (Å²) in [4.78, 5) is 4.28. The molecular weight excluding hydrogens is 307 g/mol. The monoisotopic (exact) mass is 320 g/mol. The number of hydrogen-bond donors (Lipinski definition) is 1. The molecule has 0 amide bonds. The fourth-order valence-electron chi connectivity index (χ4n) is 1.99. The number of nitrogens with zero attached hydrogens (tertiary/aromatic N) is 3. The second-order valence-electron chi connectivity index (χ2n) is 4.65. The molecule has 6 nitrogen and oxygen atoms in total. The van der Waals surface area contributed by atoms with Crippen LogP contribution in [0.2, 0.25) is 0 Å². The molecular formula is C14H13FN4O2S. The number of hydrogen-bond acceptors (Lipinski definition) is 4. The second-order valence-corrected chi connectivity index (χ2v) is 6.66. The molecule has 2 aromatic heterocycles. The van der Waals surface area contributed by atoms with Gasteiger partial charge in [0, 0.05) is 11.8 Å². The van der Waals surface area contributed by atoms with Crippen molar-refractivity contribution in [3.63, 3.8) is 0 Å². The quantitative estimate of drug-likeness (QED) is 0.800. The Labute approximate surface area is 126 Å². The lowest BCUT2D eigenvalue weighted by Gasteiger charge is -2.06. The van der Waals surface area contributed by atoms with Crippen molar-refractivity contribution in [1.82, 2.24) is 14.6 Å². The maximum atomic E-state index is 13.0. The third kappa shape index (κ3) is 2.77. The van der Waals surface area contributed by atoms with Crippen LogP contribution in [-0.4, -0.2) is 28.8 Å². The van der Waals surface area contributed by atoms with Crippen molar-refractivity contribution in [3.05, 3.63) is 48.5 Å². The van der Waals surface area contributed by atoms with Crippen molar-refractivity contribution < 1.29 is 12.8 Å². The Morgan fingerprint density at radius 1 is 1.23 bits per heavy atom. The van der Waals surface area contributed by atoms with E-state index < -0.39 is 10.0 Å². The van der Waals surface area contributed by atoms with Crippen LogP contribution in [-0.2, 0) is 10.0 Å². The van der Waals surface area contributed by atoms with Gasteiger partial charge in [-0.05, 0) is 30.7 Å². The zero-order chi connectivity index (χ0) is 15.7. The summed E-state index contributed by atoms with van der Waals surface area (Å²) in [7, 11) is -3.40. The highest BCUT2D eigenvalue weighted by molar-refractivity contribution is 7.92. The predicted molar refractivity (Wildman–Crippen MR) is 81.5 cm³/mol. The third-order valence-electron chi connectivity index (χ3n) is 3.16. The molecule has 2 heterocycles. The number of nitrogens with one attached hydrogen (secondary N) is 1. The van der Waals surface area contributed by atoms with Gasteiger partial charge < -0.3 is 0 Å². The Kier molecular flexibility index (Phi) is 3.53. The van der Waals surface area contributed by atoms with Crippen molar-refractivity contribution in [2.24, 2.45) is 0 Å². The summed E-state index contributed by atoms with van der Waals surface area (Å²) in [5.41, 5.74) is 1.93. The minimum atomic E-state index is -3.40. The van der Waals surface area contributed by atoms with Crippen LogP contribution < -0.4 is 4.72 Å². The van der Waals surface area contributed by atoms with Gasteiger partial charge in [-0.25, -0.2) is 22.3 Å². The van der Waals surface area contributed by atoms with Crippen LogP contribution in [0.1, 0.15) is 6.92 Å². The lowest BCUT2D eigenvalue weighted by atomic mass is 10.1. The Hall–Kier alpha value is -2.48. The molecule has 0 aliphatic carbocycles. The number of aromatic nitrogens is 3. The molecule has 0 radical (unpaired) electrons. The molecule has 114 valence electrons. The number of benzene rings is 1. The molecule has 0 atom stereocenters. The zero-order valence-corrected chi connectivity index (χ0v) is 12.5. The summed E-state index contributed by atoms with van der Waals surface area (Å²) in [6.07, 6.45) is 3.22. The molecule has 22 heavy (non-hydrogen) atoms. The molecule has 0 fully saturated rings. The van der Waals surface area contributed by atoms with E-state index in [2.05, 4.69) is 14.8 Å². The van der Waals surface area contributed by atoms with Crippen LogP contribution in [0.4, 0.5) is 10.2 Å². The summed E-state index contributed by atoms with van der Waals surface area (Å²) < 4.78 is 40.2. The highest BCUT2D eigenvalue weighted by Gasteiger charge is 2.12. The Balaban J connectivity index is 2.07. The first-order valence-electron chi connectivity index (χ1n) is 6.59.